The van der Waals surface area contributed by atoms with Crippen molar-refractivity contribution in [3.63, 3.8) is 0 Å². The van der Waals surface area contributed by atoms with Crippen molar-refractivity contribution in [1.82, 2.24) is 14.9 Å². The molecular weight excluding hydrogens is 349 g/mol. The van der Waals surface area contributed by atoms with Crippen molar-refractivity contribution in [2.24, 2.45) is 0 Å². The molecule has 0 aliphatic carbocycles. The Balaban J connectivity index is 1.75. The minimum absolute atomic E-state index is 0.263. The summed E-state index contributed by atoms with van der Waals surface area (Å²) < 4.78 is 44.6. The fourth-order valence-electron chi connectivity index (χ4n) is 2.13. The lowest BCUT2D eigenvalue weighted by Crippen LogP contribution is -2.30. The Kier molecular flexibility index (Phi) is 4.68. The number of nitrogens with one attached hydrogen (secondary N) is 1. The van der Waals surface area contributed by atoms with Crippen LogP contribution in [0.25, 0.3) is 11.4 Å². The second kappa shape index (κ2) is 6.91. The molecule has 0 saturated carbocycles. The number of nitrogens with zero attached hydrogens (tertiary/aromatic N) is 2. The zero-order chi connectivity index (χ0) is 17.9. The molecule has 0 atom stereocenters. The van der Waals surface area contributed by atoms with Gasteiger partial charge in [0, 0.05) is 11.1 Å². The first-order valence-electron chi connectivity index (χ1n) is 7.11. The number of carbonyl (C=O) groups excluding carboxylic acids is 1. The van der Waals surface area contributed by atoms with Gasteiger partial charge in [0.2, 0.25) is 22.2 Å². The van der Waals surface area contributed by atoms with Gasteiger partial charge in [-0.1, -0.05) is 35.5 Å². The third-order valence-electron chi connectivity index (χ3n) is 3.35. The molecule has 0 fully saturated rings. The topological polar surface area (TPSA) is 102 Å². The van der Waals surface area contributed by atoms with Crippen molar-refractivity contribution in [3.05, 3.63) is 66.3 Å². The molecule has 9 heteroatoms. The van der Waals surface area contributed by atoms with Gasteiger partial charge in [-0.05, 0) is 18.2 Å². The SMILES string of the molecule is O=C(CNS(=O)(=O)c1ccccc1F)c1cccc(-c2ncon2)c1. The Hall–Kier alpha value is -2.91. The van der Waals surface area contributed by atoms with Crippen molar-refractivity contribution in [2.45, 2.75) is 4.90 Å². The molecule has 128 valence electrons. The van der Waals surface area contributed by atoms with Gasteiger partial charge < -0.3 is 4.52 Å². The molecule has 3 rings (SSSR count). The zero-order valence-corrected chi connectivity index (χ0v) is 13.5. The average molecular weight is 361 g/mol. The number of Topliss-reactive ketones (excluding diaryl/α,β-unsaturated/α-hetero) is 1. The fraction of sp³-hybridized carbons (Fsp3) is 0.0625. The highest BCUT2D eigenvalue weighted by atomic mass is 32.2. The van der Waals surface area contributed by atoms with Crippen LogP contribution in [-0.4, -0.2) is 30.9 Å². The summed E-state index contributed by atoms with van der Waals surface area (Å²) in [6, 6.07) is 11.3. The van der Waals surface area contributed by atoms with Crippen molar-refractivity contribution < 1.29 is 22.1 Å². The van der Waals surface area contributed by atoms with Gasteiger partial charge in [0.15, 0.2) is 5.78 Å². The zero-order valence-electron chi connectivity index (χ0n) is 12.7. The van der Waals surface area contributed by atoms with Crippen LogP contribution in [0.15, 0.2) is 64.3 Å². The van der Waals surface area contributed by atoms with Crippen molar-refractivity contribution in [1.29, 1.82) is 0 Å². The van der Waals surface area contributed by atoms with Gasteiger partial charge in [-0.25, -0.2) is 17.5 Å². The highest BCUT2D eigenvalue weighted by molar-refractivity contribution is 7.89. The third-order valence-corrected chi connectivity index (χ3v) is 4.79. The molecule has 0 radical (unpaired) electrons. The van der Waals surface area contributed by atoms with Crippen LogP contribution in [0.3, 0.4) is 0 Å². The molecule has 0 spiro atoms. The van der Waals surface area contributed by atoms with E-state index in [0.29, 0.717) is 11.4 Å². The predicted molar refractivity (Wildman–Crippen MR) is 85.7 cm³/mol. The molecule has 1 aromatic heterocycles. The standard InChI is InChI=1S/C16H12FN3O4S/c17-13-6-1-2-7-15(13)25(22,23)19-9-14(21)11-4-3-5-12(8-11)16-18-10-24-20-16/h1-8,10,19H,9H2. The van der Waals surface area contributed by atoms with E-state index in [4.69, 9.17) is 0 Å². The summed E-state index contributed by atoms with van der Waals surface area (Å²) in [4.78, 5) is 15.6. The summed E-state index contributed by atoms with van der Waals surface area (Å²) in [7, 11) is -4.13. The van der Waals surface area contributed by atoms with Gasteiger partial charge in [0.1, 0.15) is 10.7 Å². The number of carbonyl (C=O) groups is 1. The Morgan fingerprint density at radius 2 is 1.96 bits per heavy atom. The second-order valence-corrected chi connectivity index (χ2v) is 6.75. The smallest absolute Gasteiger partial charge is 0.243 e. The lowest BCUT2D eigenvalue weighted by Gasteiger charge is -2.07. The normalized spacial score (nSPS) is 11.4. The second-order valence-electron chi connectivity index (χ2n) is 5.01. The molecule has 0 unspecified atom stereocenters. The number of benzene rings is 2. The molecule has 0 amide bonds. The Morgan fingerprint density at radius 3 is 2.68 bits per heavy atom. The molecule has 2 aromatic carbocycles. The number of ketones is 1. The molecule has 0 aliphatic heterocycles. The van der Waals surface area contributed by atoms with Crippen LogP contribution in [0.4, 0.5) is 4.39 Å². The van der Waals surface area contributed by atoms with Crippen LogP contribution in [0.1, 0.15) is 10.4 Å². The van der Waals surface area contributed by atoms with E-state index in [2.05, 4.69) is 19.4 Å². The average Bonchev–Trinajstić information content (AvgIpc) is 3.15. The third kappa shape index (κ3) is 3.78. The van der Waals surface area contributed by atoms with Gasteiger partial charge >= 0.3 is 0 Å². The molecule has 7 nitrogen and oxygen atoms in total. The van der Waals surface area contributed by atoms with Crippen molar-refractivity contribution >= 4 is 15.8 Å². The van der Waals surface area contributed by atoms with Crippen molar-refractivity contribution in [2.75, 3.05) is 6.54 Å². The number of aromatic nitrogens is 2. The molecule has 0 aliphatic rings. The summed E-state index contributed by atoms with van der Waals surface area (Å²) >= 11 is 0. The van der Waals surface area contributed by atoms with E-state index in [-0.39, 0.29) is 5.56 Å². The monoisotopic (exact) mass is 361 g/mol. The molecule has 1 heterocycles. The summed E-state index contributed by atoms with van der Waals surface area (Å²) in [5.74, 6) is -1.06. The highest BCUT2D eigenvalue weighted by Crippen LogP contribution is 2.17. The van der Waals surface area contributed by atoms with Crippen LogP contribution >= 0.6 is 0 Å². The maximum atomic E-state index is 13.6. The minimum atomic E-state index is -4.13. The van der Waals surface area contributed by atoms with Crippen molar-refractivity contribution in [3.8, 4) is 11.4 Å². The summed E-state index contributed by atoms with van der Waals surface area (Å²) in [5.41, 5.74) is 0.815. The molecule has 1 N–H and O–H groups in total. The summed E-state index contributed by atoms with van der Waals surface area (Å²) in [6.07, 6.45) is 1.16. The van der Waals surface area contributed by atoms with E-state index in [9.17, 15) is 17.6 Å². The van der Waals surface area contributed by atoms with E-state index in [1.165, 1.54) is 24.3 Å². The van der Waals surface area contributed by atoms with Gasteiger partial charge in [0.25, 0.3) is 0 Å². The number of halogens is 1. The number of sulfonamides is 1. The van der Waals surface area contributed by atoms with Gasteiger partial charge in [-0.2, -0.15) is 4.98 Å². The maximum absolute atomic E-state index is 13.6. The molecule has 0 bridgehead atoms. The van der Waals surface area contributed by atoms with Crippen LogP contribution in [-0.2, 0) is 10.0 Å². The number of rotatable bonds is 6. The van der Waals surface area contributed by atoms with E-state index in [0.717, 1.165) is 18.5 Å². The van der Waals surface area contributed by atoms with E-state index >= 15 is 0 Å². The number of hydrogen-bond acceptors (Lipinski definition) is 6. The van der Waals surface area contributed by atoms with E-state index in [1.807, 2.05) is 0 Å². The molecule has 0 saturated heterocycles. The summed E-state index contributed by atoms with van der Waals surface area (Å²) in [5, 5.41) is 3.67. The lowest BCUT2D eigenvalue weighted by molar-refractivity contribution is 0.0997. The highest BCUT2D eigenvalue weighted by Gasteiger charge is 2.20. The predicted octanol–water partition coefficient (Wildman–Crippen LogP) is 2.04. The maximum Gasteiger partial charge on any atom is 0.243 e. The molecule has 25 heavy (non-hydrogen) atoms. The largest absolute Gasteiger partial charge is 0.342 e. The van der Waals surface area contributed by atoms with Gasteiger partial charge in [-0.3, -0.25) is 4.79 Å². The molecular formula is C16H12FN3O4S. The van der Waals surface area contributed by atoms with E-state index < -0.39 is 33.1 Å². The van der Waals surface area contributed by atoms with Gasteiger partial charge in [0.05, 0.1) is 6.54 Å². The summed E-state index contributed by atoms with van der Waals surface area (Å²) in [6.45, 7) is -0.508. The quantitative estimate of drug-likeness (QED) is 0.674. The molecule has 3 aromatic rings. The van der Waals surface area contributed by atoms with Gasteiger partial charge in [-0.15, -0.1) is 0 Å². The van der Waals surface area contributed by atoms with Crippen LogP contribution < -0.4 is 4.72 Å². The van der Waals surface area contributed by atoms with Crippen LogP contribution in [0.2, 0.25) is 0 Å². The van der Waals surface area contributed by atoms with Crippen LogP contribution in [0, 0.1) is 5.82 Å². The Bertz CT molecular complexity index is 1000. The Labute approximate surface area is 142 Å². The first-order chi connectivity index (χ1) is 12.0. The van der Waals surface area contributed by atoms with Crippen LogP contribution in [0.5, 0.6) is 0 Å². The Morgan fingerprint density at radius 1 is 1.16 bits per heavy atom. The first-order valence-corrected chi connectivity index (χ1v) is 8.60. The number of hydrogen-bond donors (Lipinski definition) is 1. The lowest BCUT2D eigenvalue weighted by atomic mass is 10.1. The van der Waals surface area contributed by atoms with E-state index in [1.54, 1.807) is 12.1 Å². The first kappa shape index (κ1) is 16.9. The minimum Gasteiger partial charge on any atom is -0.342 e. The fourth-order valence-corrected chi connectivity index (χ4v) is 3.19.